The lowest BCUT2D eigenvalue weighted by atomic mass is 10.2. The standard InChI is InChI=1S/C17H16F3N3O/c1-11-5-7-12(8-6-11)23-10-9-13(16(23)24)21-15-4-2-3-14(22-15)17(18,19)20/h2-8,13H,9-10H2,1H3,(H,21,22). The minimum Gasteiger partial charge on any atom is -0.358 e. The van der Waals surface area contributed by atoms with E-state index >= 15 is 0 Å². The van der Waals surface area contributed by atoms with Crippen molar-refractivity contribution >= 4 is 17.4 Å². The zero-order valence-electron chi connectivity index (χ0n) is 13.0. The lowest BCUT2D eigenvalue weighted by Crippen LogP contribution is -2.33. The summed E-state index contributed by atoms with van der Waals surface area (Å²) in [6, 6.07) is 10.6. The van der Waals surface area contributed by atoms with Crippen LogP contribution in [0.25, 0.3) is 0 Å². The monoisotopic (exact) mass is 335 g/mol. The van der Waals surface area contributed by atoms with Crippen molar-refractivity contribution < 1.29 is 18.0 Å². The Balaban J connectivity index is 1.73. The number of amides is 1. The van der Waals surface area contributed by atoms with Gasteiger partial charge in [0.05, 0.1) is 0 Å². The summed E-state index contributed by atoms with van der Waals surface area (Å²) in [5, 5.41) is 2.81. The Labute approximate surface area is 137 Å². The van der Waals surface area contributed by atoms with Gasteiger partial charge in [0.1, 0.15) is 17.6 Å². The number of alkyl halides is 3. The third kappa shape index (κ3) is 3.34. The molecule has 0 aliphatic carbocycles. The number of rotatable bonds is 3. The molecule has 4 nitrogen and oxygen atoms in total. The Kier molecular flexibility index (Phi) is 4.17. The summed E-state index contributed by atoms with van der Waals surface area (Å²) in [7, 11) is 0. The Morgan fingerprint density at radius 2 is 1.88 bits per heavy atom. The maximum atomic E-state index is 12.7. The average molecular weight is 335 g/mol. The molecule has 1 unspecified atom stereocenters. The van der Waals surface area contributed by atoms with E-state index in [4.69, 9.17) is 0 Å². The van der Waals surface area contributed by atoms with Gasteiger partial charge in [-0.1, -0.05) is 23.8 Å². The summed E-state index contributed by atoms with van der Waals surface area (Å²) in [6.07, 6.45) is -4.00. The number of nitrogens with zero attached hydrogens (tertiary/aromatic N) is 2. The SMILES string of the molecule is Cc1ccc(N2CCC(Nc3cccc(C(F)(F)F)n3)C2=O)cc1. The highest BCUT2D eigenvalue weighted by Crippen LogP contribution is 2.29. The smallest absolute Gasteiger partial charge is 0.358 e. The number of halogens is 3. The van der Waals surface area contributed by atoms with Crippen molar-refractivity contribution in [3.63, 3.8) is 0 Å². The topological polar surface area (TPSA) is 45.2 Å². The van der Waals surface area contributed by atoms with Crippen molar-refractivity contribution in [2.45, 2.75) is 25.6 Å². The van der Waals surface area contributed by atoms with E-state index in [1.54, 1.807) is 4.90 Å². The van der Waals surface area contributed by atoms with Crippen molar-refractivity contribution in [1.82, 2.24) is 4.98 Å². The van der Waals surface area contributed by atoms with Gasteiger partial charge in [-0.15, -0.1) is 0 Å². The van der Waals surface area contributed by atoms with E-state index < -0.39 is 17.9 Å². The van der Waals surface area contributed by atoms with Crippen LogP contribution in [-0.2, 0) is 11.0 Å². The molecule has 1 amide bonds. The third-order valence-electron chi connectivity index (χ3n) is 3.91. The molecule has 1 fully saturated rings. The van der Waals surface area contributed by atoms with E-state index in [0.717, 1.165) is 17.3 Å². The summed E-state index contributed by atoms with van der Waals surface area (Å²) in [5.74, 6) is -0.119. The van der Waals surface area contributed by atoms with Crippen LogP contribution in [-0.4, -0.2) is 23.5 Å². The molecule has 1 N–H and O–H groups in total. The number of hydrogen-bond donors (Lipinski definition) is 1. The van der Waals surface area contributed by atoms with Gasteiger partial charge in [0.25, 0.3) is 0 Å². The fourth-order valence-electron chi connectivity index (χ4n) is 2.65. The number of pyridine rings is 1. The second-order valence-corrected chi connectivity index (χ2v) is 5.72. The highest BCUT2D eigenvalue weighted by Gasteiger charge is 2.35. The molecule has 0 bridgehead atoms. The van der Waals surface area contributed by atoms with Gasteiger partial charge in [-0.25, -0.2) is 4.98 Å². The van der Waals surface area contributed by atoms with E-state index in [-0.39, 0.29) is 11.7 Å². The summed E-state index contributed by atoms with van der Waals surface area (Å²) in [6.45, 7) is 2.47. The minimum absolute atomic E-state index is 0.0499. The molecule has 126 valence electrons. The van der Waals surface area contributed by atoms with E-state index in [2.05, 4.69) is 10.3 Å². The van der Waals surface area contributed by atoms with Crippen LogP contribution in [0.1, 0.15) is 17.7 Å². The van der Waals surface area contributed by atoms with Crippen LogP contribution in [0.15, 0.2) is 42.5 Å². The molecular formula is C17H16F3N3O. The highest BCUT2D eigenvalue weighted by atomic mass is 19.4. The molecule has 0 saturated carbocycles. The highest BCUT2D eigenvalue weighted by molar-refractivity contribution is 6.00. The van der Waals surface area contributed by atoms with Gasteiger partial charge in [0, 0.05) is 12.2 Å². The lowest BCUT2D eigenvalue weighted by Gasteiger charge is -2.18. The van der Waals surface area contributed by atoms with Crippen LogP contribution in [0.4, 0.5) is 24.7 Å². The van der Waals surface area contributed by atoms with E-state index in [1.165, 1.54) is 12.1 Å². The Bertz CT molecular complexity index is 743. The maximum Gasteiger partial charge on any atom is 0.433 e. The molecule has 3 rings (SSSR count). The van der Waals surface area contributed by atoms with Crippen molar-refractivity contribution in [2.75, 3.05) is 16.8 Å². The van der Waals surface area contributed by atoms with Crippen molar-refractivity contribution in [3.8, 4) is 0 Å². The number of anilines is 2. The van der Waals surface area contributed by atoms with Crippen LogP contribution in [0.5, 0.6) is 0 Å². The van der Waals surface area contributed by atoms with Gasteiger partial charge in [0.15, 0.2) is 0 Å². The quantitative estimate of drug-likeness (QED) is 0.932. The summed E-state index contributed by atoms with van der Waals surface area (Å²) in [5.41, 5.74) is 0.897. The van der Waals surface area contributed by atoms with E-state index in [1.807, 2.05) is 31.2 Å². The first-order valence-electron chi connectivity index (χ1n) is 7.53. The summed E-state index contributed by atoms with van der Waals surface area (Å²) >= 11 is 0. The summed E-state index contributed by atoms with van der Waals surface area (Å²) in [4.78, 5) is 17.7. The van der Waals surface area contributed by atoms with Crippen molar-refractivity contribution in [3.05, 3.63) is 53.7 Å². The molecule has 1 aromatic carbocycles. The molecule has 0 spiro atoms. The number of carbonyl (C=O) groups is 1. The predicted octanol–water partition coefficient (Wildman–Crippen LogP) is 3.63. The first-order chi connectivity index (χ1) is 11.3. The molecule has 1 aliphatic heterocycles. The fraction of sp³-hybridized carbons (Fsp3) is 0.294. The zero-order chi connectivity index (χ0) is 17.3. The number of nitrogens with one attached hydrogen (secondary N) is 1. The van der Waals surface area contributed by atoms with Crippen LogP contribution < -0.4 is 10.2 Å². The molecular weight excluding hydrogens is 319 g/mol. The zero-order valence-corrected chi connectivity index (χ0v) is 13.0. The molecule has 2 aromatic rings. The van der Waals surface area contributed by atoms with Gasteiger partial charge in [-0.05, 0) is 37.6 Å². The van der Waals surface area contributed by atoms with Gasteiger partial charge in [-0.3, -0.25) is 4.79 Å². The second kappa shape index (κ2) is 6.14. The molecule has 1 atom stereocenters. The molecule has 1 aromatic heterocycles. The molecule has 24 heavy (non-hydrogen) atoms. The Morgan fingerprint density at radius 3 is 2.54 bits per heavy atom. The number of aromatic nitrogens is 1. The number of hydrogen-bond acceptors (Lipinski definition) is 3. The third-order valence-corrected chi connectivity index (χ3v) is 3.91. The lowest BCUT2D eigenvalue weighted by molar-refractivity contribution is -0.141. The number of benzene rings is 1. The molecule has 2 heterocycles. The van der Waals surface area contributed by atoms with Crippen LogP contribution in [0.3, 0.4) is 0 Å². The number of carbonyl (C=O) groups excluding carboxylic acids is 1. The molecule has 7 heteroatoms. The van der Waals surface area contributed by atoms with Gasteiger partial charge < -0.3 is 10.2 Å². The molecule has 0 radical (unpaired) electrons. The average Bonchev–Trinajstić information content (AvgIpc) is 2.89. The second-order valence-electron chi connectivity index (χ2n) is 5.72. The predicted molar refractivity (Wildman–Crippen MR) is 84.8 cm³/mol. The van der Waals surface area contributed by atoms with Gasteiger partial charge >= 0.3 is 6.18 Å². The Hall–Kier alpha value is -2.57. The minimum atomic E-state index is -4.51. The van der Waals surface area contributed by atoms with Crippen molar-refractivity contribution in [2.24, 2.45) is 0 Å². The first-order valence-corrected chi connectivity index (χ1v) is 7.53. The van der Waals surface area contributed by atoms with Crippen LogP contribution >= 0.6 is 0 Å². The normalized spacial score (nSPS) is 18.1. The molecule has 1 aliphatic rings. The molecule has 1 saturated heterocycles. The van der Waals surface area contributed by atoms with Crippen molar-refractivity contribution in [1.29, 1.82) is 0 Å². The first kappa shape index (κ1) is 16.3. The largest absolute Gasteiger partial charge is 0.433 e. The Morgan fingerprint density at radius 1 is 1.17 bits per heavy atom. The number of aryl methyl sites for hydroxylation is 1. The van der Waals surface area contributed by atoms with Crippen LogP contribution in [0.2, 0.25) is 0 Å². The summed E-state index contributed by atoms with van der Waals surface area (Å²) < 4.78 is 38.1. The van der Waals surface area contributed by atoms with E-state index in [9.17, 15) is 18.0 Å². The van der Waals surface area contributed by atoms with Gasteiger partial charge in [-0.2, -0.15) is 13.2 Å². The van der Waals surface area contributed by atoms with Crippen LogP contribution in [0, 0.1) is 6.92 Å². The fourth-order valence-corrected chi connectivity index (χ4v) is 2.65. The van der Waals surface area contributed by atoms with E-state index in [0.29, 0.717) is 13.0 Å². The van der Waals surface area contributed by atoms with Gasteiger partial charge in [0.2, 0.25) is 5.91 Å². The maximum absolute atomic E-state index is 12.7.